The largest absolute Gasteiger partial charge is 0.496 e. The Labute approximate surface area is 96.7 Å². The van der Waals surface area contributed by atoms with Gasteiger partial charge in [0.25, 0.3) is 0 Å². The standard InChI is InChI=1S/C11H11NO3S/c1-14-7-4-3-5-8-10(7)11(15-2)9(16-8)6-12-13/h3-6,13H,1-2H3/b12-6+. The van der Waals surface area contributed by atoms with E-state index in [1.54, 1.807) is 14.2 Å². The van der Waals surface area contributed by atoms with Gasteiger partial charge in [0.2, 0.25) is 0 Å². The van der Waals surface area contributed by atoms with Crippen molar-refractivity contribution in [1.82, 2.24) is 0 Å². The minimum atomic E-state index is 0.676. The molecule has 0 spiro atoms. The number of oxime groups is 1. The van der Waals surface area contributed by atoms with E-state index in [1.165, 1.54) is 17.6 Å². The third-order valence-corrected chi connectivity index (χ3v) is 3.33. The summed E-state index contributed by atoms with van der Waals surface area (Å²) in [7, 11) is 3.20. The van der Waals surface area contributed by atoms with Crippen LogP contribution >= 0.6 is 11.3 Å². The maximum Gasteiger partial charge on any atom is 0.150 e. The van der Waals surface area contributed by atoms with Gasteiger partial charge >= 0.3 is 0 Å². The molecule has 0 amide bonds. The highest BCUT2D eigenvalue weighted by molar-refractivity contribution is 7.21. The molecule has 0 saturated heterocycles. The fourth-order valence-corrected chi connectivity index (χ4v) is 2.67. The quantitative estimate of drug-likeness (QED) is 0.507. The lowest BCUT2D eigenvalue weighted by atomic mass is 10.2. The first kappa shape index (κ1) is 10.8. The van der Waals surface area contributed by atoms with E-state index in [0.717, 1.165) is 20.7 Å². The topological polar surface area (TPSA) is 51.0 Å². The first-order chi connectivity index (χ1) is 7.81. The fraction of sp³-hybridized carbons (Fsp3) is 0.182. The Morgan fingerprint density at radius 1 is 1.31 bits per heavy atom. The van der Waals surface area contributed by atoms with E-state index < -0.39 is 0 Å². The molecule has 16 heavy (non-hydrogen) atoms. The first-order valence-corrected chi connectivity index (χ1v) is 5.44. The molecule has 1 aromatic carbocycles. The molecule has 84 valence electrons. The van der Waals surface area contributed by atoms with E-state index in [9.17, 15) is 0 Å². The van der Waals surface area contributed by atoms with E-state index in [4.69, 9.17) is 14.7 Å². The highest BCUT2D eigenvalue weighted by Gasteiger charge is 2.15. The number of methoxy groups -OCH3 is 2. The molecule has 1 heterocycles. The third-order valence-electron chi connectivity index (χ3n) is 2.26. The predicted molar refractivity (Wildman–Crippen MR) is 64.3 cm³/mol. The molecule has 0 atom stereocenters. The van der Waals surface area contributed by atoms with Crippen molar-refractivity contribution in [1.29, 1.82) is 0 Å². The van der Waals surface area contributed by atoms with Crippen molar-refractivity contribution in [2.75, 3.05) is 14.2 Å². The van der Waals surface area contributed by atoms with E-state index in [0.29, 0.717) is 5.75 Å². The van der Waals surface area contributed by atoms with Crippen LogP contribution in [0.5, 0.6) is 11.5 Å². The average molecular weight is 237 g/mol. The molecule has 0 aliphatic rings. The monoisotopic (exact) mass is 237 g/mol. The van der Waals surface area contributed by atoms with E-state index in [1.807, 2.05) is 18.2 Å². The van der Waals surface area contributed by atoms with Crippen LogP contribution in [0.25, 0.3) is 10.1 Å². The maximum atomic E-state index is 8.58. The van der Waals surface area contributed by atoms with E-state index >= 15 is 0 Å². The van der Waals surface area contributed by atoms with Gasteiger partial charge in [0, 0.05) is 4.70 Å². The summed E-state index contributed by atoms with van der Waals surface area (Å²) in [6.07, 6.45) is 1.36. The van der Waals surface area contributed by atoms with Crippen LogP contribution in [-0.4, -0.2) is 25.6 Å². The molecular formula is C11H11NO3S. The lowest BCUT2D eigenvalue weighted by Crippen LogP contribution is -1.88. The second-order valence-electron chi connectivity index (χ2n) is 3.08. The molecule has 0 bridgehead atoms. The van der Waals surface area contributed by atoms with E-state index in [2.05, 4.69) is 5.16 Å². The molecule has 0 aliphatic heterocycles. The van der Waals surface area contributed by atoms with Crippen molar-refractivity contribution in [2.24, 2.45) is 5.16 Å². The van der Waals surface area contributed by atoms with Crippen LogP contribution in [0.15, 0.2) is 23.4 Å². The molecule has 2 rings (SSSR count). The average Bonchev–Trinajstić information content (AvgIpc) is 2.66. The van der Waals surface area contributed by atoms with E-state index in [-0.39, 0.29) is 0 Å². The van der Waals surface area contributed by atoms with Crippen LogP contribution in [-0.2, 0) is 0 Å². The number of thiophene rings is 1. The summed E-state index contributed by atoms with van der Waals surface area (Å²) in [6.45, 7) is 0. The van der Waals surface area contributed by atoms with Crippen molar-refractivity contribution in [3.63, 3.8) is 0 Å². The fourth-order valence-electron chi connectivity index (χ4n) is 1.62. The SMILES string of the molecule is COc1cccc2sc(/C=N/O)c(OC)c12. The maximum absolute atomic E-state index is 8.58. The second kappa shape index (κ2) is 4.40. The van der Waals surface area contributed by atoms with Crippen molar-refractivity contribution < 1.29 is 14.7 Å². The van der Waals surface area contributed by atoms with Gasteiger partial charge in [-0.2, -0.15) is 0 Å². The molecule has 1 N–H and O–H groups in total. The number of ether oxygens (including phenoxy) is 2. The van der Waals surface area contributed by atoms with Gasteiger partial charge < -0.3 is 14.7 Å². The van der Waals surface area contributed by atoms with Gasteiger partial charge in [0.15, 0.2) is 0 Å². The first-order valence-electron chi connectivity index (χ1n) is 4.62. The Balaban J connectivity index is 2.77. The third kappa shape index (κ3) is 1.59. The molecule has 5 heteroatoms. The molecule has 0 saturated carbocycles. The predicted octanol–water partition coefficient (Wildman–Crippen LogP) is 2.73. The van der Waals surface area contributed by atoms with Crippen molar-refractivity contribution >= 4 is 27.6 Å². The van der Waals surface area contributed by atoms with Crippen LogP contribution < -0.4 is 9.47 Å². The molecule has 0 fully saturated rings. The molecule has 4 nitrogen and oxygen atoms in total. The Kier molecular flexibility index (Phi) is 2.96. The number of benzene rings is 1. The molecule has 2 aromatic rings. The number of rotatable bonds is 3. The number of hydrogen-bond donors (Lipinski definition) is 1. The lowest BCUT2D eigenvalue weighted by Gasteiger charge is -2.04. The number of fused-ring (bicyclic) bond motifs is 1. The minimum absolute atomic E-state index is 0.676. The zero-order chi connectivity index (χ0) is 11.5. The Bertz CT molecular complexity index is 533. The summed E-state index contributed by atoms with van der Waals surface area (Å²) in [5, 5.41) is 12.5. The van der Waals surface area contributed by atoms with Crippen molar-refractivity contribution in [2.45, 2.75) is 0 Å². The minimum Gasteiger partial charge on any atom is -0.496 e. The summed E-state index contributed by atoms with van der Waals surface area (Å²) < 4.78 is 11.6. The highest BCUT2D eigenvalue weighted by Crippen LogP contribution is 2.41. The summed E-state index contributed by atoms with van der Waals surface area (Å²) in [6, 6.07) is 5.76. The molecule has 0 aliphatic carbocycles. The van der Waals surface area contributed by atoms with Crippen LogP contribution in [0.1, 0.15) is 4.88 Å². The number of hydrogen-bond acceptors (Lipinski definition) is 5. The van der Waals surface area contributed by atoms with Gasteiger partial charge in [-0.1, -0.05) is 11.2 Å². The molecular weight excluding hydrogens is 226 g/mol. The van der Waals surface area contributed by atoms with Crippen LogP contribution in [0.4, 0.5) is 0 Å². The second-order valence-corrected chi connectivity index (χ2v) is 4.16. The Hall–Kier alpha value is -1.75. The van der Waals surface area contributed by atoms with Gasteiger partial charge in [-0.15, -0.1) is 11.3 Å². The van der Waals surface area contributed by atoms with Gasteiger partial charge in [-0.3, -0.25) is 0 Å². The molecule has 0 radical (unpaired) electrons. The summed E-state index contributed by atoms with van der Waals surface area (Å²) in [5.41, 5.74) is 0. The Morgan fingerprint density at radius 3 is 2.75 bits per heavy atom. The molecule has 0 unspecified atom stereocenters. The van der Waals surface area contributed by atoms with Gasteiger partial charge in [-0.25, -0.2) is 0 Å². The smallest absolute Gasteiger partial charge is 0.150 e. The zero-order valence-electron chi connectivity index (χ0n) is 8.93. The normalized spacial score (nSPS) is 11.1. The Morgan fingerprint density at radius 2 is 2.12 bits per heavy atom. The van der Waals surface area contributed by atoms with Gasteiger partial charge in [0.05, 0.1) is 30.7 Å². The summed E-state index contributed by atoms with van der Waals surface area (Å²) >= 11 is 1.49. The number of nitrogens with zero attached hydrogens (tertiary/aromatic N) is 1. The summed E-state index contributed by atoms with van der Waals surface area (Å²) in [5.74, 6) is 1.43. The van der Waals surface area contributed by atoms with Crippen LogP contribution in [0.3, 0.4) is 0 Å². The van der Waals surface area contributed by atoms with Crippen LogP contribution in [0, 0.1) is 0 Å². The highest BCUT2D eigenvalue weighted by atomic mass is 32.1. The van der Waals surface area contributed by atoms with Crippen molar-refractivity contribution in [3.05, 3.63) is 23.1 Å². The molecule has 1 aromatic heterocycles. The van der Waals surface area contributed by atoms with Crippen molar-refractivity contribution in [3.8, 4) is 11.5 Å². The lowest BCUT2D eigenvalue weighted by molar-refractivity contribution is 0.321. The zero-order valence-corrected chi connectivity index (χ0v) is 9.75. The van der Waals surface area contributed by atoms with Gasteiger partial charge in [-0.05, 0) is 12.1 Å². The van der Waals surface area contributed by atoms with Crippen LogP contribution in [0.2, 0.25) is 0 Å². The van der Waals surface area contributed by atoms with Gasteiger partial charge in [0.1, 0.15) is 11.5 Å². The summed E-state index contributed by atoms with van der Waals surface area (Å²) in [4.78, 5) is 0.768.